The summed E-state index contributed by atoms with van der Waals surface area (Å²) >= 11 is 6.72. The maximum atomic E-state index is 13.8. The quantitative estimate of drug-likeness (QED) is 0.362. The van der Waals surface area contributed by atoms with Gasteiger partial charge in [-0.1, -0.05) is 11.6 Å². The van der Waals surface area contributed by atoms with E-state index in [0.717, 1.165) is 5.56 Å². The molecule has 1 aromatic rings. The number of aromatic hydroxyl groups is 1. The van der Waals surface area contributed by atoms with Crippen molar-refractivity contribution in [2.75, 3.05) is 21.1 Å². The van der Waals surface area contributed by atoms with Crippen molar-refractivity contribution < 1.29 is 34.8 Å². The van der Waals surface area contributed by atoms with Crippen LogP contribution >= 0.6 is 11.6 Å². The predicted molar refractivity (Wildman–Crippen MR) is 124 cm³/mol. The molecule has 0 unspecified atom stereocenters. The van der Waals surface area contributed by atoms with Gasteiger partial charge in [0.05, 0.1) is 11.6 Å². The lowest BCUT2D eigenvalue weighted by Crippen LogP contribution is -2.65. The van der Waals surface area contributed by atoms with Crippen LogP contribution in [0.25, 0.3) is 5.76 Å². The number of Topliss-reactive ketones (excluding diaryl/α,β-unsaturated/α-hetero) is 2. The smallest absolute Gasteiger partial charge is 0.255 e. The summed E-state index contributed by atoms with van der Waals surface area (Å²) in [5, 5.41) is 45.2. The number of hydrogen-bond acceptors (Lipinski definition) is 9. The summed E-state index contributed by atoms with van der Waals surface area (Å²) < 4.78 is 0. The number of phenols is 1. The molecule has 10 nitrogen and oxygen atoms in total. The van der Waals surface area contributed by atoms with Gasteiger partial charge in [0.2, 0.25) is 5.78 Å². The molecular weight excluding hydrogens is 478 g/mol. The van der Waals surface area contributed by atoms with Crippen molar-refractivity contribution >= 4 is 34.8 Å². The fraction of sp³-hybridized carbons (Fsp3) is 0.458. The van der Waals surface area contributed by atoms with Crippen LogP contribution in [-0.4, -0.2) is 80.5 Å². The van der Waals surface area contributed by atoms with Crippen LogP contribution < -0.4 is 5.73 Å². The number of nitrogens with two attached hydrogens (primary N) is 1. The average molecular weight is 504 g/mol. The van der Waals surface area contributed by atoms with E-state index >= 15 is 0 Å². The standard InChI is InChI=1S/C24H26ClN3O7/c1-27(2)17-12-5-8-4-9-14(18(29)11-7-28(3)6-10(11)16(9)25)19(30)13(8)21(32)24(12,35)22(33)15(20(17)31)23(26)34/h8,12,17,29-30,33,35H,4-7H2,1-3H3,(H2,26,34)/t8-,12-,17-,24-/m0/s1. The third-order valence-corrected chi connectivity index (χ3v) is 8.34. The molecule has 0 bridgehead atoms. The Balaban J connectivity index is 1.75. The molecular formula is C24H26ClN3O7. The predicted octanol–water partition coefficient (Wildman–Crippen LogP) is 0.563. The molecule has 0 spiro atoms. The van der Waals surface area contributed by atoms with Gasteiger partial charge < -0.3 is 26.2 Å². The maximum Gasteiger partial charge on any atom is 0.255 e. The molecule has 0 aromatic heterocycles. The van der Waals surface area contributed by atoms with Crippen LogP contribution in [0.1, 0.15) is 28.7 Å². The molecule has 3 aliphatic carbocycles. The molecule has 186 valence electrons. The Labute approximate surface area is 205 Å². The van der Waals surface area contributed by atoms with Gasteiger partial charge >= 0.3 is 0 Å². The normalized spacial score (nSPS) is 30.4. The first kappa shape index (κ1) is 23.8. The van der Waals surface area contributed by atoms with Gasteiger partial charge in [-0.15, -0.1) is 0 Å². The minimum absolute atomic E-state index is 0.0276. The Hall–Kier alpha value is -2.92. The molecule has 0 saturated heterocycles. The molecule has 6 N–H and O–H groups in total. The first-order valence-corrected chi connectivity index (χ1v) is 11.6. The van der Waals surface area contributed by atoms with Crippen LogP contribution in [0.3, 0.4) is 0 Å². The van der Waals surface area contributed by atoms with E-state index in [2.05, 4.69) is 0 Å². The SMILES string of the molecule is CN1Cc2c(O)c3c(c(Cl)c2C1)C[C@H]1C[C@H]2[C@H](N(C)C)C(=O)C(C(N)=O)=C(O)[C@@]2(O)C(=O)C1=C3O. The third-order valence-electron chi connectivity index (χ3n) is 7.89. The number of halogens is 1. The average Bonchev–Trinajstić information content (AvgIpc) is 3.16. The number of nitrogens with zero attached hydrogens (tertiary/aromatic N) is 2. The number of fused-ring (bicyclic) bond motifs is 4. The minimum atomic E-state index is -2.65. The highest BCUT2D eigenvalue weighted by atomic mass is 35.5. The summed E-state index contributed by atoms with van der Waals surface area (Å²) in [6, 6.07) is -1.12. The number of amides is 1. The van der Waals surface area contributed by atoms with Crippen molar-refractivity contribution in [3.05, 3.63) is 44.2 Å². The molecule has 1 amide bonds. The lowest BCUT2D eigenvalue weighted by molar-refractivity contribution is -0.153. The number of aliphatic hydroxyl groups is 3. The molecule has 1 fully saturated rings. The monoisotopic (exact) mass is 503 g/mol. The van der Waals surface area contributed by atoms with Gasteiger partial charge in [0.1, 0.15) is 22.8 Å². The van der Waals surface area contributed by atoms with Crippen LogP contribution in [0.2, 0.25) is 5.02 Å². The summed E-state index contributed by atoms with van der Waals surface area (Å²) in [4.78, 5) is 42.3. The van der Waals surface area contributed by atoms with Crippen molar-refractivity contribution in [3.63, 3.8) is 0 Å². The topological polar surface area (TPSA) is 165 Å². The van der Waals surface area contributed by atoms with Crippen molar-refractivity contribution in [1.82, 2.24) is 9.80 Å². The van der Waals surface area contributed by atoms with Crippen molar-refractivity contribution in [1.29, 1.82) is 0 Å². The van der Waals surface area contributed by atoms with Gasteiger partial charge in [-0.25, -0.2) is 0 Å². The summed E-state index contributed by atoms with van der Waals surface area (Å²) in [5.74, 6) is -6.67. The number of hydrogen-bond donors (Lipinski definition) is 5. The van der Waals surface area contributed by atoms with Crippen LogP contribution in [-0.2, 0) is 33.9 Å². The summed E-state index contributed by atoms with van der Waals surface area (Å²) in [7, 11) is 4.98. The summed E-state index contributed by atoms with van der Waals surface area (Å²) in [6.45, 7) is 0.919. The zero-order chi connectivity index (χ0) is 25.7. The number of benzene rings is 1. The Morgan fingerprint density at radius 2 is 1.77 bits per heavy atom. The second kappa shape index (κ2) is 7.54. The number of ketones is 2. The van der Waals surface area contributed by atoms with Crippen LogP contribution in [0.15, 0.2) is 16.9 Å². The van der Waals surface area contributed by atoms with Gasteiger partial charge in [0.15, 0.2) is 11.4 Å². The van der Waals surface area contributed by atoms with E-state index in [1.54, 1.807) is 14.1 Å². The summed E-state index contributed by atoms with van der Waals surface area (Å²) in [6.07, 6.45) is 0.206. The van der Waals surface area contributed by atoms with Gasteiger partial charge in [-0.05, 0) is 51.0 Å². The first-order valence-electron chi connectivity index (χ1n) is 11.2. The Morgan fingerprint density at radius 3 is 2.37 bits per heavy atom. The van der Waals surface area contributed by atoms with Gasteiger partial charge in [-0.3, -0.25) is 24.2 Å². The maximum absolute atomic E-state index is 13.8. The van der Waals surface area contributed by atoms with Gasteiger partial charge in [0.25, 0.3) is 5.91 Å². The number of aliphatic hydroxyl groups excluding tert-OH is 2. The van der Waals surface area contributed by atoms with E-state index < -0.39 is 58.0 Å². The van der Waals surface area contributed by atoms with Gasteiger partial charge in [0, 0.05) is 35.2 Å². The number of phenolic OH excluding ortho intramolecular Hbond substituents is 1. The fourth-order valence-corrected chi connectivity index (χ4v) is 6.72. The minimum Gasteiger partial charge on any atom is -0.508 e. The van der Waals surface area contributed by atoms with E-state index in [1.165, 1.54) is 4.90 Å². The Bertz CT molecular complexity index is 1300. The van der Waals surface area contributed by atoms with E-state index in [9.17, 15) is 34.8 Å². The largest absolute Gasteiger partial charge is 0.508 e. The number of carbonyl (C=O) groups is 3. The highest BCUT2D eigenvalue weighted by molar-refractivity contribution is 6.33. The molecule has 4 atom stereocenters. The number of rotatable bonds is 2. The van der Waals surface area contributed by atoms with Crippen molar-refractivity contribution in [2.24, 2.45) is 17.6 Å². The van der Waals surface area contributed by atoms with Crippen molar-refractivity contribution in [2.45, 2.75) is 37.6 Å². The van der Waals surface area contributed by atoms with Crippen LogP contribution in [0, 0.1) is 11.8 Å². The highest BCUT2D eigenvalue weighted by Crippen LogP contribution is 2.54. The number of likely N-dealkylation sites (N-methyl/N-ethyl adjacent to an activating group) is 1. The molecule has 1 aliphatic heterocycles. The van der Waals surface area contributed by atoms with E-state index in [1.807, 2.05) is 11.9 Å². The zero-order valence-electron chi connectivity index (χ0n) is 19.4. The first-order chi connectivity index (χ1) is 16.3. The van der Waals surface area contributed by atoms with E-state index in [4.69, 9.17) is 17.3 Å². The fourth-order valence-electron chi connectivity index (χ4n) is 6.37. The highest BCUT2D eigenvalue weighted by Gasteiger charge is 2.64. The molecule has 1 heterocycles. The summed E-state index contributed by atoms with van der Waals surface area (Å²) in [5.41, 5.74) is 3.48. The molecule has 0 radical (unpaired) electrons. The molecule has 1 aromatic carbocycles. The van der Waals surface area contributed by atoms with Crippen LogP contribution in [0.4, 0.5) is 0 Å². The molecule has 35 heavy (non-hydrogen) atoms. The second-order valence-corrected chi connectivity index (χ2v) is 10.5. The molecule has 1 saturated carbocycles. The zero-order valence-corrected chi connectivity index (χ0v) is 20.2. The van der Waals surface area contributed by atoms with Crippen molar-refractivity contribution in [3.8, 4) is 5.75 Å². The molecule has 11 heteroatoms. The number of carbonyl (C=O) groups excluding carboxylic acids is 3. The Kier molecular flexibility index (Phi) is 5.13. The third kappa shape index (κ3) is 2.91. The second-order valence-electron chi connectivity index (χ2n) is 10.1. The lowest BCUT2D eigenvalue weighted by atomic mass is 9.57. The van der Waals surface area contributed by atoms with E-state index in [-0.39, 0.29) is 29.7 Å². The van der Waals surface area contributed by atoms with Gasteiger partial charge in [-0.2, -0.15) is 0 Å². The van der Waals surface area contributed by atoms with E-state index in [0.29, 0.717) is 29.2 Å². The molecule has 4 aliphatic rings. The Morgan fingerprint density at radius 1 is 1.14 bits per heavy atom. The lowest BCUT2D eigenvalue weighted by Gasteiger charge is -2.50. The molecule has 5 rings (SSSR count). The number of primary amides is 1. The van der Waals surface area contributed by atoms with Crippen LogP contribution in [0.5, 0.6) is 5.75 Å².